The maximum absolute atomic E-state index is 12.6. The molecular formula is C18H20ClN3O4. The van der Waals surface area contributed by atoms with Crippen molar-refractivity contribution in [3.8, 4) is 0 Å². The number of hydrogen-bond donors (Lipinski definition) is 1. The first-order valence-electron chi connectivity index (χ1n) is 8.63. The molecule has 7 nitrogen and oxygen atoms in total. The zero-order valence-corrected chi connectivity index (χ0v) is 15.2. The fourth-order valence-corrected chi connectivity index (χ4v) is 3.64. The van der Waals surface area contributed by atoms with E-state index in [-0.39, 0.29) is 12.0 Å². The molecule has 26 heavy (non-hydrogen) atoms. The number of halogens is 1. The molecule has 8 heteroatoms. The Labute approximate surface area is 156 Å². The first-order valence-corrected chi connectivity index (χ1v) is 9.00. The van der Waals surface area contributed by atoms with E-state index < -0.39 is 30.3 Å². The van der Waals surface area contributed by atoms with E-state index in [1.54, 1.807) is 24.3 Å². The molecule has 0 bridgehead atoms. The van der Waals surface area contributed by atoms with E-state index in [1.165, 1.54) is 0 Å². The van der Waals surface area contributed by atoms with Crippen LogP contribution in [0.1, 0.15) is 32.6 Å². The van der Waals surface area contributed by atoms with E-state index in [9.17, 15) is 19.2 Å². The van der Waals surface area contributed by atoms with Crippen LogP contribution >= 0.6 is 11.6 Å². The summed E-state index contributed by atoms with van der Waals surface area (Å²) in [6, 6.07) is 5.45. The van der Waals surface area contributed by atoms with E-state index in [2.05, 4.69) is 5.32 Å². The molecule has 2 fully saturated rings. The van der Waals surface area contributed by atoms with Crippen LogP contribution in [0.2, 0.25) is 5.02 Å². The third-order valence-corrected chi connectivity index (χ3v) is 5.16. The van der Waals surface area contributed by atoms with Gasteiger partial charge < -0.3 is 5.32 Å². The minimum atomic E-state index is -0.945. The van der Waals surface area contributed by atoms with E-state index >= 15 is 0 Å². The van der Waals surface area contributed by atoms with Gasteiger partial charge in [-0.25, -0.2) is 9.69 Å². The lowest BCUT2D eigenvalue weighted by Gasteiger charge is -2.34. The molecule has 0 unspecified atom stereocenters. The average Bonchev–Trinajstić information content (AvgIpc) is 2.81. The van der Waals surface area contributed by atoms with Crippen LogP contribution in [0.4, 0.5) is 10.5 Å². The van der Waals surface area contributed by atoms with Crippen molar-refractivity contribution >= 4 is 41.0 Å². The Hall–Kier alpha value is -2.41. The van der Waals surface area contributed by atoms with Crippen LogP contribution in [0.25, 0.3) is 0 Å². The van der Waals surface area contributed by atoms with E-state index in [1.807, 2.05) is 6.92 Å². The second kappa shape index (κ2) is 7.45. The van der Waals surface area contributed by atoms with Gasteiger partial charge in [0.1, 0.15) is 6.54 Å². The number of imide groups is 2. The molecule has 0 radical (unpaired) electrons. The molecular weight excluding hydrogens is 358 g/mol. The molecule has 0 spiro atoms. The Morgan fingerprint density at radius 1 is 1.12 bits per heavy atom. The molecule has 2 atom stereocenters. The van der Waals surface area contributed by atoms with E-state index in [0.29, 0.717) is 17.1 Å². The van der Waals surface area contributed by atoms with Gasteiger partial charge in [-0.05, 0) is 43.0 Å². The molecule has 1 aliphatic carbocycles. The van der Waals surface area contributed by atoms with Crippen LogP contribution in [0.3, 0.4) is 0 Å². The second-order valence-electron chi connectivity index (χ2n) is 6.73. The van der Waals surface area contributed by atoms with Gasteiger partial charge in [-0.15, -0.1) is 0 Å². The Morgan fingerprint density at radius 2 is 1.77 bits per heavy atom. The van der Waals surface area contributed by atoms with Gasteiger partial charge >= 0.3 is 17.8 Å². The molecule has 3 rings (SSSR count). The largest absolute Gasteiger partial charge is 0.334 e. The fraction of sp³-hybridized carbons (Fsp3) is 0.444. The summed E-state index contributed by atoms with van der Waals surface area (Å²) in [6.45, 7) is 1.48. The fourth-order valence-electron chi connectivity index (χ4n) is 3.51. The standard InChI is InChI=1S/C18H20ClN3O4/c1-11-4-2-3-5-14(11)22-17(25)16(24)21(18(22)26)10-15(23)20-13-8-6-12(19)7-9-13/h6-9,11,14H,2-5,10H2,1H3,(H,20,23)/t11-,14-/m1/s1. The summed E-state index contributed by atoms with van der Waals surface area (Å²) in [6.07, 6.45) is 3.57. The molecule has 1 aliphatic heterocycles. The van der Waals surface area contributed by atoms with Gasteiger partial charge in [-0.1, -0.05) is 31.4 Å². The molecule has 1 heterocycles. The lowest BCUT2D eigenvalue weighted by molar-refractivity contribution is -0.145. The predicted molar refractivity (Wildman–Crippen MR) is 95.5 cm³/mol. The van der Waals surface area contributed by atoms with E-state index in [4.69, 9.17) is 11.6 Å². The number of rotatable bonds is 4. The first-order chi connectivity index (χ1) is 12.4. The Bertz CT molecular complexity index is 749. The Morgan fingerprint density at radius 3 is 2.42 bits per heavy atom. The minimum absolute atomic E-state index is 0.146. The normalized spacial score (nSPS) is 23.5. The minimum Gasteiger partial charge on any atom is -0.325 e. The van der Waals surface area contributed by atoms with Gasteiger partial charge in [-0.2, -0.15) is 0 Å². The van der Waals surface area contributed by atoms with Crippen molar-refractivity contribution in [2.45, 2.75) is 38.6 Å². The molecule has 2 aliphatic rings. The topological polar surface area (TPSA) is 86.8 Å². The summed E-state index contributed by atoms with van der Waals surface area (Å²) >= 11 is 5.79. The smallest absolute Gasteiger partial charge is 0.325 e. The maximum atomic E-state index is 12.6. The number of urea groups is 1. The van der Waals surface area contributed by atoms with Crippen molar-refractivity contribution in [2.75, 3.05) is 11.9 Å². The van der Waals surface area contributed by atoms with Gasteiger partial charge in [0.2, 0.25) is 5.91 Å². The summed E-state index contributed by atoms with van der Waals surface area (Å²) in [5.41, 5.74) is 0.489. The zero-order chi connectivity index (χ0) is 18.8. The second-order valence-corrected chi connectivity index (χ2v) is 7.17. The van der Waals surface area contributed by atoms with Gasteiger partial charge in [0.05, 0.1) is 0 Å². The predicted octanol–water partition coefficient (Wildman–Crippen LogP) is 2.65. The third-order valence-electron chi connectivity index (χ3n) is 4.91. The number of nitrogens with zero attached hydrogens (tertiary/aromatic N) is 2. The van der Waals surface area contributed by atoms with Crippen LogP contribution in [0.15, 0.2) is 24.3 Å². The number of carbonyl (C=O) groups is 4. The number of nitrogens with one attached hydrogen (secondary N) is 1. The molecule has 1 aromatic rings. The van der Waals surface area contributed by atoms with Crippen molar-refractivity contribution in [1.29, 1.82) is 0 Å². The SMILES string of the molecule is C[C@@H]1CCCC[C@H]1N1C(=O)C(=O)N(CC(=O)Nc2ccc(Cl)cc2)C1=O. The summed E-state index contributed by atoms with van der Waals surface area (Å²) in [5, 5.41) is 3.11. The molecule has 1 saturated carbocycles. The quantitative estimate of drug-likeness (QED) is 0.645. The zero-order valence-electron chi connectivity index (χ0n) is 14.4. The van der Waals surface area contributed by atoms with E-state index in [0.717, 1.165) is 29.1 Å². The lowest BCUT2D eigenvalue weighted by Crippen LogP contribution is -2.46. The highest BCUT2D eigenvalue weighted by Crippen LogP contribution is 2.31. The van der Waals surface area contributed by atoms with Crippen molar-refractivity contribution in [3.05, 3.63) is 29.3 Å². The summed E-state index contributed by atoms with van der Waals surface area (Å²) < 4.78 is 0. The van der Waals surface area contributed by atoms with Crippen LogP contribution in [0.5, 0.6) is 0 Å². The van der Waals surface area contributed by atoms with Crippen molar-refractivity contribution < 1.29 is 19.2 Å². The number of carbonyl (C=O) groups excluding carboxylic acids is 4. The Kier molecular flexibility index (Phi) is 5.27. The molecule has 1 N–H and O–H groups in total. The number of hydrogen-bond acceptors (Lipinski definition) is 4. The number of anilines is 1. The lowest BCUT2D eigenvalue weighted by atomic mass is 9.85. The Balaban J connectivity index is 1.68. The third kappa shape index (κ3) is 3.58. The van der Waals surface area contributed by atoms with Crippen LogP contribution in [-0.2, 0) is 14.4 Å². The molecule has 138 valence electrons. The summed E-state index contributed by atoms with van der Waals surface area (Å²) in [7, 11) is 0. The summed E-state index contributed by atoms with van der Waals surface area (Å²) in [4.78, 5) is 51.1. The van der Waals surface area contributed by atoms with Crippen molar-refractivity contribution in [1.82, 2.24) is 9.80 Å². The number of amides is 5. The van der Waals surface area contributed by atoms with Gasteiger partial charge in [0.15, 0.2) is 0 Å². The van der Waals surface area contributed by atoms with Gasteiger partial charge in [-0.3, -0.25) is 19.3 Å². The molecule has 1 aromatic carbocycles. The highest BCUT2D eigenvalue weighted by Gasteiger charge is 2.49. The summed E-state index contributed by atoms with van der Waals surface area (Å²) in [5.74, 6) is -2.19. The van der Waals surface area contributed by atoms with Crippen molar-refractivity contribution in [2.24, 2.45) is 5.92 Å². The monoisotopic (exact) mass is 377 g/mol. The van der Waals surface area contributed by atoms with Crippen LogP contribution in [-0.4, -0.2) is 46.1 Å². The average molecular weight is 378 g/mol. The highest BCUT2D eigenvalue weighted by atomic mass is 35.5. The van der Waals surface area contributed by atoms with Crippen LogP contribution in [0, 0.1) is 5.92 Å². The van der Waals surface area contributed by atoms with Crippen molar-refractivity contribution in [3.63, 3.8) is 0 Å². The maximum Gasteiger partial charge on any atom is 0.334 e. The van der Waals surface area contributed by atoms with Gasteiger partial charge in [0.25, 0.3) is 0 Å². The molecule has 1 saturated heterocycles. The molecule has 0 aromatic heterocycles. The number of benzene rings is 1. The molecule has 5 amide bonds. The highest BCUT2D eigenvalue weighted by molar-refractivity contribution is 6.45. The first kappa shape index (κ1) is 18.4. The van der Waals surface area contributed by atoms with Gasteiger partial charge in [0, 0.05) is 16.8 Å². The van der Waals surface area contributed by atoms with Crippen LogP contribution < -0.4 is 5.32 Å².